The van der Waals surface area contributed by atoms with E-state index in [1.54, 1.807) is 0 Å². The van der Waals surface area contributed by atoms with E-state index in [4.69, 9.17) is 5.73 Å². The second-order valence-electron chi connectivity index (χ2n) is 5.73. The average molecular weight is 258 g/mol. The van der Waals surface area contributed by atoms with Crippen molar-refractivity contribution in [3.05, 3.63) is 24.0 Å². The molecule has 3 N–H and O–H groups in total. The smallest absolute Gasteiger partial charge is 0.108 e. The normalized spacial score (nSPS) is 18.2. The molecule has 4 heteroatoms. The van der Waals surface area contributed by atoms with Crippen LogP contribution in [0, 0.1) is 5.92 Å². The molecule has 0 unspecified atom stereocenters. The molecule has 1 aliphatic rings. The summed E-state index contributed by atoms with van der Waals surface area (Å²) in [6.45, 7) is 5.91. The predicted molar refractivity (Wildman–Crippen MR) is 79.0 cm³/mol. The third kappa shape index (κ3) is 2.89. The highest BCUT2D eigenvalue weighted by Crippen LogP contribution is 2.17. The highest BCUT2D eigenvalue weighted by molar-refractivity contribution is 5.78. The third-order valence-corrected chi connectivity index (χ3v) is 4.10. The van der Waals surface area contributed by atoms with Crippen LogP contribution in [0.25, 0.3) is 11.0 Å². The van der Waals surface area contributed by atoms with E-state index < -0.39 is 0 Å². The fourth-order valence-corrected chi connectivity index (χ4v) is 2.75. The Labute approximate surface area is 114 Å². The van der Waals surface area contributed by atoms with Crippen molar-refractivity contribution in [2.24, 2.45) is 5.92 Å². The summed E-state index contributed by atoms with van der Waals surface area (Å²) in [4.78, 5) is 10.5. The molecule has 2 heterocycles. The van der Waals surface area contributed by atoms with Crippen LogP contribution in [0.2, 0.25) is 0 Å². The maximum atomic E-state index is 5.78. The van der Waals surface area contributed by atoms with Gasteiger partial charge < -0.3 is 15.6 Å². The topological polar surface area (TPSA) is 57.9 Å². The summed E-state index contributed by atoms with van der Waals surface area (Å²) in [7, 11) is 0. The lowest BCUT2D eigenvalue weighted by Gasteiger charge is -2.29. The molecule has 0 atom stereocenters. The molecule has 0 amide bonds. The van der Waals surface area contributed by atoms with Gasteiger partial charge in [0.15, 0.2) is 0 Å². The first kappa shape index (κ1) is 12.5. The summed E-state index contributed by atoms with van der Waals surface area (Å²) < 4.78 is 0. The van der Waals surface area contributed by atoms with Crippen LogP contribution in [0.5, 0.6) is 0 Å². The molecule has 1 fully saturated rings. The van der Waals surface area contributed by atoms with Gasteiger partial charge in [0.05, 0.1) is 11.0 Å². The number of nitrogens with two attached hydrogens (primary N) is 1. The van der Waals surface area contributed by atoms with Crippen molar-refractivity contribution in [2.75, 3.05) is 25.4 Å². The highest BCUT2D eigenvalue weighted by atomic mass is 15.1. The van der Waals surface area contributed by atoms with Gasteiger partial charge >= 0.3 is 0 Å². The zero-order valence-corrected chi connectivity index (χ0v) is 11.5. The molecular weight excluding hydrogens is 236 g/mol. The molecule has 2 aromatic rings. The fraction of sp³-hybridized carbons (Fsp3) is 0.533. The zero-order chi connectivity index (χ0) is 13.2. The van der Waals surface area contributed by atoms with Crippen LogP contribution < -0.4 is 5.73 Å². The number of benzene rings is 1. The van der Waals surface area contributed by atoms with Crippen molar-refractivity contribution >= 4 is 16.7 Å². The number of imidazole rings is 1. The molecule has 1 saturated heterocycles. The van der Waals surface area contributed by atoms with Gasteiger partial charge in [0.1, 0.15) is 5.82 Å². The summed E-state index contributed by atoms with van der Waals surface area (Å²) in [5.41, 5.74) is 8.62. The van der Waals surface area contributed by atoms with Crippen LogP contribution in [0.3, 0.4) is 0 Å². The number of fused-ring (bicyclic) bond motifs is 1. The minimum Gasteiger partial charge on any atom is -0.399 e. The van der Waals surface area contributed by atoms with Crippen LogP contribution in [-0.4, -0.2) is 34.5 Å². The van der Waals surface area contributed by atoms with E-state index in [0.29, 0.717) is 0 Å². The molecule has 1 aliphatic heterocycles. The largest absolute Gasteiger partial charge is 0.399 e. The molecule has 0 aliphatic carbocycles. The lowest BCUT2D eigenvalue weighted by molar-refractivity contribution is 0.194. The Balaban J connectivity index is 1.62. The summed E-state index contributed by atoms with van der Waals surface area (Å²) in [6.07, 6.45) is 3.65. The number of likely N-dealkylation sites (tertiary alicyclic amines) is 1. The zero-order valence-electron chi connectivity index (χ0n) is 11.5. The molecule has 0 spiro atoms. The summed E-state index contributed by atoms with van der Waals surface area (Å²) >= 11 is 0. The van der Waals surface area contributed by atoms with E-state index in [0.717, 1.165) is 41.4 Å². The highest BCUT2D eigenvalue weighted by Gasteiger charge is 2.15. The quantitative estimate of drug-likeness (QED) is 0.831. The van der Waals surface area contributed by atoms with Crippen molar-refractivity contribution in [2.45, 2.75) is 26.2 Å². The van der Waals surface area contributed by atoms with Crippen molar-refractivity contribution in [1.82, 2.24) is 14.9 Å². The van der Waals surface area contributed by atoms with Gasteiger partial charge in [0, 0.05) is 18.7 Å². The van der Waals surface area contributed by atoms with Gasteiger partial charge in [-0.05, 0) is 50.0 Å². The minimum absolute atomic E-state index is 0.785. The van der Waals surface area contributed by atoms with Gasteiger partial charge in [-0.1, -0.05) is 6.92 Å². The van der Waals surface area contributed by atoms with Crippen molar-refractivity contribution in [3.63, 3.8) is 0 Å². The summed E-state index contributed by atoms with van der Waals surface area (Å²) in [6, 6.07) is 5.83. The summed E-state index contributed by atoms with van der Waals surface area (Å²) in [5.74, 6) is 1.96. The molecule has 0 radical (unpaired) electrons. The monoisotopic (exact) mass is 258 g/mol. The Kier molecular flexibility index (Phi) is 3.42. The Hall–Kier alpha value is -1.55. The second kappa shape index (κ2) is 5.21. The number of rotatable bonds is 3. The molecule has 0 saturated carbocycles. The number of nitrogens with one attached hydrogen (secondary N) is 1. The van der Waals surface area contributed by atoms with Crippen LogP contribution in [0.1, 0.15) is 25.6 Å². The molecular formula is C15H22N4. The van der Waals surface area contributed by atoms with E-state index in [-0.39, 0.29) is 0 Å². The van der Waals surface area contributed by atoms with E-state index in [2.05, 4.69) is 21.8 Å². The first-order chi connectivity index (χ1) is 9.20. The number of hydrogen-bond acceptors (Lipinski definition) is 3. The Bertz CT molecular complexity index is 552. The van der Waals surface area contributed by atoms with Gasteiger partial charge in [0.25, 0.3) is 0 Å². The molecule has 1 aromatic carbocycles. The minimum atomic E-state index is 0.785. The average Bonchev–Trinajstić information content (AvgIpc) is 2.80. The maximum absolute atomic E-state index is 5.78. The van der Waals surface area contributed by atoms with Crippen LogP contribution >= 0.6 is 0 Å². The lowest BCUT2D eigenvalue weighted by atomic mass is 9.99. The van der Waals surface area contributed by atoms with Crippen LogP contribution in [0.4, 0.5) is 5.69 Å². The Morgan fingerprint density at radius 3 is 2.95 bits per heavy atom. The van der Waals surface area contributed by atoms with Crippen LogP contribution in [0.15, 0.2) is 18.2 Å². The SMILES string of the molecule is CC1CCN(CCc2nc3ccc(N)cc3[nH]2)CC1. The van der Waals surface area contributed by atoms with Gasteiger partial charge in [-0.2, -0.15) is 0 Å². The van der Waals surface area contributed by atoms with E-state index in [1.165, 1.54) is 25.9 Å². The molecule has 4 nitrogen and oxygen atoms in total. The number of H-pyrrole nitrogens is 1. The van der Waals surface area contributed by atoms with E-state index in [9.17, 15) is 0 Å². The van der Waals surface area contributed by atoms with E-state index in [1.807, 2.05) is 18.2 Å². The number of hydrogen-bond donors (Lipinski definition) is 2. The van der Waals surface area contributed by atoms with Crippen molar-refractivity contribution < 1.29 is 0 Å². The van der Waals surface area contributed by atoms with E-state index >= 15 is 0 Å². The van der Waals surface area contributed by atoms with Gasteiger partial charge in [-0.3, -0.25) is 0 Å². The number of nitrogens with zero attached hydrogens (tertiary/aromatic N) is 2. The number of aromatic amines is 1. The molecule has 0 bridgehead atoms. The number of aromatic nitrogens is 2. The first-order valence-corrected chi connectivity index (χ1v) is 7.17. The molecule has 19 heavy (non-hydrogen) atoms. The van der Waals surface area contributed by atoms with Gasteiger partial charge in [-0.25, -0.2) is 4.98 Å². The van der Waals surface area contributed by atoms with Gasteiger partial charge in [-0.15, -0.1) is 0 Å². The van der Waals surface area contributed by atoms with Crippen molar-refractivity contribution in [3.8, 4) is 0 Å². The fourth-order valence-electron chi connectivity index (χ4n) is 2.75. The summed E-state index contributed by atoms with van der Waals surface area (Å²) in [5, 5.41) is 0. The number of anilines is 1. The Morgan fingerprint density at radius 2 is 2.16 bits per heavy atom. The standard InChI is InChI=1S/C15H22N4/c1-11-4-7-19(8-5-11)9-6-15-17-13-3-2-12(16)10-14(13)18-15/h2-3,10-11H,4-9,16H2,1H3,(H,17,18). The maximum Gasteiger partial charge on any atom is 0.108 e. The first-order valence-electron chi connectivity index (χ1n) is 7.17. The second-order valence-corrected chi connectivity index (χ2v) is 5.73. The molecule has 102 valence electrons. The van der Waals surface area contributed by atoms with Crippen molar-refractivity contribution in [1.29, 1.82) is 0 Å². The Morgan fingerprint density at radius 1 is 1.37 bits per heavy atom. The predicted octanol–water partition coefficient (Wildman–Crippen LogP) is 2.42. The third-order valence-electron chi connectivity index (χ3n) is 4.10. The van der Waals surface area contributed by atoms with Crippen LogP contribution in [-0.2, 0) is 6.42 Å². The number of piperidine rings is 1. The molecule has 1 aromatic heterocycles. The molecule has 3 rings (SSSR count). The van der Waals surface area contributed by atoms with Gasteiger partial charge in [0.2, 0.25) is 0 Å². The number of nitrogen functional groups attached to an aromatic ring is 1. The lowest BCUT2D eigenvalue weighted by Crippen LogP contribution is -2.34.